The minimum atomic E-state index is 0.0834. The fourth-order valence-corrected chi connectivity index (χ4v) is 4.54. The highest BCUT2D eigenvalue weighted by molar-refractivity contribution is 7.80. The average Bonchev–Trinajstić information content (AvgIpc) is 2.70. The molecule has 0 aliphatic heterocycles. The summed E-state index contributed by atoms with van der Waals surface area (Å²) in [6, 6.07) is 21.0. The molecule has 3 aromatic carbocycles. The molecule has 188 valence electrons. The van der Waals surface area contributed by atoms with Crippen molar-refractivity contribution >= 4 is 12.6 Å². The molecule has 1 heteroatoms. The standard InChI is InChI=1S/C34H46S/c1-31(2,3)26-14-24(15-27(20-26)32(4,5)6)22-13-23(19-30(35)18-22)25-16-28(33(7,8)9)21-29(17-25)34(10,11)12/h13-21,35H,1-12H3. The summed E-state index contributed by atoms with van der Waals surface area (Å²) in [4.78, 5) is 0.995. The predicted molar refractivity (Wildman–Crippen MR) is 159 cm³/mol. The molecule has 0 nitrogen and oxygen atoms in total. The van der Waals surface area contributed by atoms with Gasteiger partial charge in [0.25, 0.3) is 0 Å². The summed E-state index contributed by atoms with van der Waals surface area (Å²) in [5, 5.41) is 0. The SMILES string of the molecule is CC(C)(C)c1cc(-c2cc(S)cc(-c3cc(C(C)(C)C)cc(C(C)(C)C)c3)c2)cc(C(C)(C)C)c1. The molecule has 0 radical (unpaired) electrons. The van der Waals surface area contributed by atoms with Crippen LogP contribution in [0.25, 0.3) is 22.3 Å². The molecule has 0 unspecified atom stereocenters. The lowest BCUT2D eigenvalue weighted by Gasteiger charge is -2.27. The topological polar surface area (TPSA) is 0 Å². The van der Waals surface area contributed by atoms with Gasteiger partial charge in [-0.3, -0.25) is 0 Å². The Balaban J connectivity index is 2.27. The lowest BCUT2D eigenvalue weighted by atomic mass is 9.78. The van der Waals surface area contributed by atoms with Gasteiger partial charge >= 0.3 is 0 Å². The van der Waals surface area contributed by atoms with Crippen LogP contribution < -0.4 is 0 Å². The van der Waals surface area contributed by atoms with Crippen molar-refractivity contribution in [2.45, 2.75) is 110 Å². The molecular formula is C34H46S. The molecule has 0 atom stereocenters. The molecule has 0 aliphatic rings. The van der Waals surface area contributed by atoms with Crippen LogP contribution in [-0.2, 0) is 21.7 Å². The number of hydrogen-bond acceptors (Lipinski definition) is 1. The summed E-state index contributed by atoms with van der Waals surface area (Å²) in [6.07, 6.45) is 0. The Kier molecular flexibility index (Phi) is 7.21. The molecule has 0 heterocycles. The maximum Gasteiger partial charge on any atom is 0.00523 e. The second kappa shape index (κ2) is 9.15. The molecule has 0 bridgehead atoms. The van der Waals surface area contributed by atoms with E-state index in [0.717, 1.165) is 4.90 Å². The largest absolute Gasteiger partial charge is 0.143 e. The van der Waals surface area contributed by atoms with Gasteiger partial charge in [0.05, 0.1) is 0 Å². The van der Waals surface area contributed by atoms with E-state index in [1.807, 2.05) is 0 Å². The zero-order chi connectivity index (χ0) is 26.6. The fourth-order valence-electron chi connectivity index (χ4n) is 4.27. The van der Waals surface area contributed by atoms with E-state index in [1.54, 1.807) is 0 Å². The maximum absolute atomic E-state index is 4.86. The van der Waals surface area contributed by atoms with Crippen molar-refractivity contribution in [1.82, 2.24) is 0 Å². The molecular weight excluding hydrogens is 440 g/mol. The van der Waals surface area contributed by atoms with Gasteiger partial charge in [-0.25, -0.2) is 0 Å². The smallest absolute Gasteiger partial charge is 0.00523 e. The van der Waals surface area contributed by atoms with Crippen molar-refractivity contribution in [1.29, 1.82) is 0 Å². The Labute approximate surface area is 221 Å². The van der Waals surface area contributed by atoms with Crippen LogP contribution in [0.4, 0.5) is 0 Å². The van der Waals surface area contributed by atoms with Crippen molar-refractivity contribution in [2.75, 3.05) is 0 Å². The van der Waals surface area contributed by atoms with Gasteiger partial charge in [0.2, 0.25) is 0 Å². The number of thiol groups is 1. The molecule has 0 N–H and O–H groups in total. The van der Waals surface area contributed by atoms with E-state index >= 15 is 0 Å². The van der Waals surface area contributed by atoms with E-state index in [2.05, 4.69) is 138 Å². The highest BCUT2D eigenvalue weighted by atomic mass is 32.1. The molecule has 0 aliphatic carbocycles. The lowest BCUT2D eigenvalue weighted by molar-refractivity contribution is 0.568. The first kappa shape index (κ1) is 27.6. The summed E-state index contributed by atoms with van der Waals surface area (Å²) < 4.78 is 0. The van der Waals surface area contributed by atoms with Crippen LogP contribution in [0.3, 0.4) is 0 Å². The first-order valence-corrected chi connectivity index (χ1v) is 13.4. The Hall–Kier alpha value is -1.99. The minimum Gasteiger partial charge on any atom is -0.143 e. The Morgan fingerprint density at radius 2 is 0.571 bits per heavy atom. The van der Waals surface area contributed by atoms with E-state index in [1.165, 1.54) is 44.5 Å². The summed E-state index contributed by atoms with van der Waals surface area (Å²) in [7, 11) is 0. The Morgan fingerprint density at radius 3 is 0.800 bits per heavy atom. The molecule has 0 aromatic heterocycles. The van der Waals surface area contributed by atoms with Gasteiger partial charge < -0.3 is 0 Å². The van der Waals surface area contributed by atoms with Crippen LogP contribution in [-0.4, -0.2) is 0 Å². The second-order valence-corrected chi connectivity index (χ2v) is 14.9. The van der Waals surface area contributed by atoms with Crippen LogP contribution in [0.1, 0.15) is 105 Å². The summed E-state index contributed by atoms with van der Waals surface area (Å²) in [5.41, 5.74) is 10.8. The van der Waals surface area contributed by atoms with Crippen molar-refractivity contribution < 1.29 is 0 Å². The molecule has 0 spiro atoms. The highest BCUT2D eigenvalue weighted by Crippen LogP contribution is 2.38. The fraction of sp³-hybridized carbons (Fsp3) is 0.471. The molecule has 3 aromatic rings. The zero-order valence-corrected chi connectivity index (χ0v) is 25.0. The normalized spacial score (nSPS) is 13.3. The van der Waals surface area contributed by atoms with Gasteiger partial charge in [0.1, 0.15) is 0 Å². The highest BCUT2D eigenvalue weighted by Gasteiger charge is 2.23. The number of hydrogen-bond donors (Lipinski definition) is 1. The van der Waals surface area contributed by atoms with Crippen molar-refractivity contribution in [3.8, 4) is 22.3 Å². The van der Waals surface area contributed by atoms with E-state index in [0.29, 0.717) is 0 Å². The second-order valence-electron chi connectivity index (χ2n) is 14.4. The van der Waals surface area contributed by atoms with Gasteiger partial charge in [-0.15, -0.1) is 12.6 Å². The van der Waals surface area contributed by atoms with Crippen LogP contribution >= 0.6 is 12.6 Å². The van der Waals surface area contributed by atoms with Gasteiger partial charge in [0, 0.05) is 4.90 Å². The lowest BCUT2D eigenvalue weighted by Crippen LogP contribution is -2.16. The molecule has 35 heavy (non-hydrogen) atoms. The van der Waals surface area contributed by atoms with Gasteiger partial charge in [-0.2, -0.15) is 0 Å². The van der Waals surface area contributed by atoms with E-state index in [9.17, 15) is 0 Å². The third-order valence-corrected chi connectivity index (χ3v) is 7.17. The van der Waals surface area contributed by atoms with Crippen LogP contribution in [0, 0.1) is 0 Å². The summed E-state index contributed by atoms with van der Waals surface area (Å²) in [5.74, 6) is 0. The molecule has 0 amide bonds. The van der Waals surface area contributed by atoms with E-state index in [4.69, 9.17) is 12.6 Å². The van der Waals surface area contributed by atoms with Crippen molar-refractivity contribution in [3.05, 3.63) is 76.9 Å². The first-order valence-electron chi connectivity index (χ1n) is 12.9. The van der Waals surface area contributed by atoms with Gasteiger partial charge in [0.15, 0.2) is 0 Å². The molecule has 0 fully saturated rings. The van der Waals surface area contributed by atoms with Crippen molar-refractivity contribution in [2.24, 2.45) is 0 Å². The monoisotopic (exact) mass is 486 g/mol. The van der Waals surface area contributed by atoms with Gasteiger partial charge in [-0.05, 0) is 84.4 Å². The number of rotatable bonds is 2. The quantitative estimate of drug-likeness (QED) is 0.342. The van der Waals surface area contributed by atoms with Gasteiger partial charge in [-0.1, -0.05) is 119 Å². The minimum absolute atomic E-state index is 0.0834. The maximum atomic E-state index is 4.86. The average molecular weight is 487 g/mol. The molecule has 0 saturated carbocycles. The van der Waals surface area contributed by atoms with E-state index < -0.39 is 0 Å². The van der Waals surface area contributed by atoms with E-state index in [-0.39, 0.29) is 21.7 Å². The Bertz CT molecular complexity index is 1060. The van der Waals surface area contributed by atoms with Crippen molar-refractivity contribution in [3.63, 3.8) is 0 Å². The zero-order valence-electron chi connectivity index (χ0n) is 24.1. The Morgan fingerprint density at radius 1 is 0.343 bits per heavy atom. The molecule has 0 saturated heterocycles. The predicted octanol–water partition coefficient (Wildman–Crippen LogP) is 10.5. The molecule has 3 rings (SSSR count). The third kappa shape index (κ3) is 6.62. The van der Waals surface area contributed by atoms with Crippen LogP contribution in [0.2, 0.25) is 0 Å². The van der Waals surface area contributed by atoms with Crippen LogP contribution in [0.5, 0.6) is 0 Å². The summed E-state index contributed by atoms with van der Waals surface area (Å²) in [6.45, 7) is 27.6. The van der Waals surface area contributed by atoms with Crippen LogP contribution in [0.15, 0.2) is 59.5 Å². The summed E-state index contributed by atoms with van der Waals surface area (Å²) >= 11 is 4.86. The first-order chi connectivity index (χ1) is 15.7. The third-order valence-electron chi connectivity index (χ3n) is 6.91. The number of benzene rings is 3.